The molecule has 106 valence electrons. The van der Waals surface area contributed by atoms with Crippen LogP contribution < -0.4 is 0 Å². The van der Waals surface area contributed by atoms with Crippen molar-refractivity contribution in [3.8, 4) is 0 Å². The van der Waals surface area contributed by atoms with Gasteiger partial charge in [0.15, 0.2) is 9.84 Å². The van der Waals surface area contributed by atoms with E-state index in [4.69, 9.17) is 11.6 Å². The number of hydrogen-bond donors (Lipinski definition) is 1. The third-order valence-corrected chi connectivity index (χ3v) is 4.33. The predicted octanol–water partition coefficient (Wildman–Crippen LogP) is 3.02. The first-order valence-electron chi connectivity index (χ1n) is 6.09. The van der Waals surface area contributed by atoms with E-state index < -0.39 is 15.9 Å². The lowest BCUT2D eigenvalue weighted by molar-refractivity contribution is 0.178. The molecule has 0 aromatic heterocycles. The molecular weight excluding hydrogens is 296 g/mol. The first-order valence-corrected chi connectivity index (χ1v) is 8.36. The smallest absolute Gasteiger partial charge is 0.175 e. The summed E-state index contributed by atoms with van der Waals surface area (Å²) in [5, 5.41) is 10.8. The lowest BCUT2D eigenvalue weighted by Crippen LogP contribution is -2.04. The van der Waals surface area contributed by atoms with Crippen LogP contribution in [0.4, 0.5) is 0 Å². The van der Waals surface area contributed by atoms with E-state index in [-0.39, 0.29) is 4.90 Å². The molecule has 0 bridgehead atoms. The Labute approximate surface area is 123 Å². The Balaban J connectivity index is 2.23. The molecule has 0 fully saturated rings. The molecule has 0 saturated heterocycles. The van der Waals surface area contributed by atoms with Gasteiger partial charge in [-0.2, -0.15) is 0 Å². The molecule has 3 nitrogen and oxygen atoms in total. The summed E-state index contributed by atoms with van der Waals surface area (Å²) in [5.74, 6) is 0. The minimum absolute atomic E-state index is 0.208. The fourth-order valence-corrected chi connectivity index (χ4v) is 2.85. The summed E-state index contributed by atoms with van der Waals surface area (Å²) in [7, 11) is -3.27. The Morgan fingerprint density at radius 3 is 2.50 bits per heavy atom. The molecule has 0 amide bonds. The van der Waals surface area contributed by atoms with E-state index in [1.54, 1.807) is 24.3 Å². The maximum Gasteiger partial charge on any atom is 0.175 e. The van der Waals surface area contributed by atoms with Gasteiger partial charge in [-0.3, -0.25) is 0 Å². The second-order valence-electron chi connectivity index (χ2n) is 4.69. The Hall–Kier alpha value is -1.36. The van der Waals surface area contributed by atoms with E-state index in [1.165, 1.54) is 12.1 Å². The van der Waals surface area contributed by atoms with Gasteiger partial charge in [-0.25, -0.2) is 8.42 Å². The molecular formula is C15H15ClO3S. The van der Waals surface area contributed by atoms with Crippen molar-refractivity contribution < 1.29 is 13.5 Å². The zero-order valence-corrected chi connectivity index (χ0v) is 12.5. The summed E-state index contributed by atoms with van der Waals surface area (Å²) in [6, 6.07) is 13.6. The first kappa shape index (κ1) is 15.0. The Bertz CT molecular complexity index is 711. The van der Waals surface area contributed by atoms with Crippen LogP contribution in [0.3, 0.4) is 0 Å². The third kappa shape index (κ3) is 3.82. The molecule has 2 aromatic carbocycles. The summed E-state index contributed by atoms with van der Waals surface area (Å²) in [5.41, 5.74) is 1.47. The highest BCUT2D eigenvalue weighted by atomic mass is 35.5. The van der Waals surface area contributed by atoms with Crippen molar-refractivity contribution >= 4 is 21.4 Å². The van der Waals surface area contributed by atoms with Gasteiger partial charge in [0.1, 0.15) is 0 Å². The van der Waals surface area contributed by atoms with Gasteiger partial charge in [0.25, 0.3) is 0 Å². The van der Waals surface area contributed by atoms with Gasteiger partial charge in [-0.15, -0.1) is 0 Å². The number of halogens is 1. The van der Waals surface area contributed by atoms with E-state index in [2.05, 4.69) is 0 Å². The number of sulfone groups is 1. The summed E-state index contributed by atoms with van der Waals surface area (Å²) in [4.78, 5) is 0.208. The van der Waals surface area contributed by atoms with Crippen LogP contribution in [0.25, 0.3) is 0 Å². The molecule has 1 N–H and O–H groups in total. The van der Waals surface area contributed by atoms with Crippen molar-refractivity contribution in [3.63, 3.8) is 0 Å². The standard InChI is InChI=1S/C15H15ClO3S/c1-20(18,19)14-7-3-5-12(10-14)15(17)9-11-4-2-6-13(16)8-11/h2-8,10,15,17H,9H2,1H3. The molecule has 0 radical (unpaired) electrons. The zero-order chi connectivity index (χ0) is 14.8. The van der Waals surface area contributed by atoms with Crippen molar-refractivity contribution in [1.29, 1.82) is 0 Å². The molecule has 0 heterocycles. The molecule has 0 spiro atoms. The number of hydrogen-bond acceptors (Lipinski definition) is 3. The van der Waals surface area contributed by atoms with Crippen LogP contribution in [0.1, 0.15) is 17.2 Å². The van der Waals surface area contributed by atoms with Crippen LogP contribution >= 0.6 is 11.6 Å². The van der Waals surface area contributed by atoms with E-state index >= 15 is 0 Å². The molecule has 2 rings (SSSR count). The highest BCUT2D eigenvalue weighted by molar-refractivity contribution is 7.90. The van der Waals surface area contributed by atoms with Crippen LogP contribution in [-0.2, 0) is 16.3 Å². The summed E-state index contributed by atoms with van der Waals surface area (Å²) in [6.07, 6.45) is 0.763. The summed E-state index contributed by atoms with van der Waals surface area (Å²) in [6.45, 7) is 0. The number of benzene rings is 2. The highest BCUT2D eigenvalue weighted by Gasteiger charge is 2.13. The van der Waals surface area contributed by atoms with Gasteiger partial charge in [0.05, 0.1) is 11.0 Å². The van der Waals surface area contributed by atoms with E-state index in [9.17, 15) is 13.5 Å². The van der Waals surface area contributed by atoms with E-state index in [0.29, 0.717) is 17.0 Å². The maximum atomic E-state index is 11.5. The topological polar surface area (TPSA) is 54.4 Å². The van der Waals surface area contributed by atoms with Gasteiger partial charge in [0, 0.05) is 17.7 Å². The summed E-state index contributed by atoms with van der Waals surface area (Å²) < 4.78 is 23.0. The largest absolute Gasteiger partial charge is 0.388 e. The molecule has 0 aliphatic carbocycles. The molecule has 1 atom stereocenters. The SMILES string of the molecule is CS(=O)(=O)c1cccc(C(O)Cc2cccc(Cl)c2)c1. The quantitative estimate of drug-likeness (QED) is 0.944. The van der Waals surface area contributed by atoms with Gasteiger partial charge >= 0.3 is 0 Å². The van der Waals surface area contributed by atoms with Crippen LogP contribution in [0.5, 0.6) is 0 Å². The van der Waals surface area contributed by atoms with Crippen LogP contribution in [-0.4, -0.2) is 19.8 Å². The summed E-state index contributed by atoms with van der Waals surface area (Å²) >= 11 is 5.90. The minimum atomic E-state index is -3.27. The molecule has 2 aromatic rings. The number of aliphatic hydroxyl groups is 1. The molecule has 20 heavy (non-hydrogen) atoms. The molecule has 5 heteroatoms. The van der Waals surface area contributed by atoms with Crippen LogP contribution in [0, 0.1) is 0 Å². The number of rotatable bonds is 4. The van der Waals surface area contributed by atoms with Crippen molar-refractivity contribution in [2.24, 2.45) is 0 Å². The predicted molar refractivity (Wildman–Crippen MR) is 79.7 cm³/mol. The number of aliphatic hydroxyl groups excluding tert-OH is 1. The molecule has 0 aliphatic heterocycles. The normalized spacial score (nSPS) is 13.2. The Morgan fingerprint density at radius 1 is 1.15 bits per heavy atom. The Kier molecular flexibility index (Phi) is 4.48. The molecule has 1 unspecified atom stereocenters. The fourth-order valence-electron chi connectivity index (χ4n) is 1.96. The van der Waals surface area contributed by atoms with Crippen molar-refractivity contribution in [3.05, 3.63) is 64.7 Å². The van der Waals surface area contributed by atoms with Crippen molar-refractivity contribution in [2.45, 2.75) is 17.4 Å². The minimum Gasteiger partial charge on any atom is -0.388 e. The van der Waals surface area contributed by atoms with Crippen molar-refractivity contribution in [2.75, 3.05) is 6.26 Å². The fraction of sp³-hybridized carbons (Fsp3) is 0.200. The zero-order valence-electron chi connectivity index (χ0n) is 11.0. The van der Waals surface area contributed by atoms with E-state index in [0.717, 1.165) is 11.8 Å². The van der Waals surface area contributed by atoms with Gasteiger partial charge in [-0.1, -0.05) is 35.9 Å². The highest BCUT2D eigenvalue weighted by Crippen LogP contribution is 2.22. The van der Waals surface area contributed by atoms with Crippen LogP contribution in [0.2, 0.25) is 5.02 Å². The lowest BCUT2D eigenvalue weighted by atomic mass is 10.0. The van der Waals surface area contributed by atoms with E-state index in [1.807, 2.05) is 12.1 Å². The monoisotopic (exact) mass is 310 g/mol. The molecule has 0 aliphatic rings. The second-order valence-corrected chi connectivity index (χ2v) is 7.15. The van der Waals surface area contributed by atoms with Gasteiger partial charge < -0.3 is 5.11 Å². The lowest BCUT2D eigenvalue weighted by Gasteiger charge is -2.12. The van der Waals surface area contributed by atoms with Crippen LogP contribution in [0.15, 0.2) is 53.4 Å². The Morgan fingerprint density at radius 2 is 1.85 bits per heavy atom. The second kappa shape index (κ2) is 5.95. The van der Waals surface area contributed by atoms with Crippen molar-refractivity contribution in [1.82, 2.24) is 0 Å². The first-order chi connectivity index (χ1) is 9.36. The third-order valence-electron chi connectivity index (χ3n) is 2.99. The average molecular weight is 311 g/mol. The van der Waals surface area contributed by atoms with Gasteiger partial charge in [0.2, 0.25) is 0 Å². The maximum absolute atomic E-state index is 11.5. The van der Waals surface area contributed by atoms with Gasteiger partial charge in [-0.05, 0) is 35.4 Å². The molecule has 0 saturated carbocycles. The average Bonchev–Trinajstić information content (AvgIpc) is 2.38.